The monoisotopic (exact) mass is 325 g/mol. The van der Waals surface area contributed by atoms with E-state index in [2.05, 4.69) is 20.4 Å². The molecule has 0 aliphatic heterocycles. The molecule has 0 unspecified atom stereocenters. The Morgan fingerprint density at radius 2 is 1.91 bits per heavy atom. The summed E-state index contributed by atoms with van der Waals surface area (Å²) in [4.78, 5) is 15.4. The summed E-state index contributed by atoms with van der Waals surface area (Å²) in [6, 6.07) is 6.16. The van der Waals surface area contributed by atoms with E-state index in [9.17, 15) is 18.0 Å². The molecule has 2 rings (SSSR count). The standard InChI is InChI=1S/C15H14F3N3O2/c1-9(10-2-4-11(5-3-10)23-14(17)18)20-15(22)21-13-6-7-19-8-12(13)16/h2-9,14H,1H3,(H2,19,20,21,22)/t9-/m0/s1. The van der Waals surface area contributed by atoms with Crippen LogP contribution in [0.2, 0.25) is 0 Å². The summed E-state index contributed by atoms with van der Waals surface area (Å²) in [5.74, 6) is -0.622. The van der Waals surface area contributed by atoms with Gasteiger partial charge in [0, 0.05) is 6.20 Å². The van der Waals surface area contributed by atoms with Crippen molar-refractivity contribution in [1.29, 1.82) is 0 Å². The Bertz CT molecular complexity index is 665. The van der Waals surface area contributed by atoms with Gasteiger partial charge in [-0.1, -0.05) is 12.1 Å². The fourth-order valence-corrected chi connectivity index (χ4v) is 1.85. The van der Waals surface area contributed by atoms with Crippen LogP contribution < -0.4 is 15.4 Å². The maximum atomic E-state index is 13.4. The minimum atomic E-state index is -2.89. The number of ether oxygens (including phenoxy) is 1. The molecule has 1 aromatic heterocycles. The molecule has 1 atom stereocenters. The van der Waals surface area contributed by atoms with Gasteiger partial charge in [0.05, 0.1) is 17.9 Å². The van der Waals surface area contributed by atoms with Crippen molar-refractivity contribution < 1.29 is 22.7 Å². The number of anilines is 1. The second-order valence-corrected chi connectivity index (χ2v) is 4.62. The number of hydrogen-bond donors (Lipinski definition) is 2. The van der Waals surface area contributed by atoms with Crippen LogP contribution >= 0.6 is 0 Å². The SMILES string of the molecule is C[C@H](NC(=O)Nc1ccncc1F)c1ccc(OC(F)F)cc1. The van der Waals surface area contributed by atoms with Gasteiger partial charge in [-0.15, -0.1) is 0 Å². The van der Waals surface area contributed by atoms with Gasteiger partial charge in [0.25, 0.3) is 0 Å². The number of halogens is 3. The van der Waals surface area contributed by atoms with E-state index in [4.69, 9.17) is 0 Å². The first-order valence-electron chi connectivity index (χ1n) is 6.67. The van der Waals surface area contributed by atoms with Crippen LogP contribution in [0.3, 0.4) is 0 Å². The molecule has 1 aromatic carbocycles. The number of alkyl halides is 2. The van der Waals surface area contributed by atoms with Gasteiger partial charge in [0.2, 0.25) is 0 Å². The van der Waals surface area contributed by atoms with E-state index in [-0.39, 0.29) is 11.4 Å². The van der Waals surface area contributed by atoms with Crippen LogP contribution in [0.25, 0.3) is 0 Å². The maximum Gasteiger partial charge on any atom is 0.387 e. The van der Waals surface area contributed by atoms with Gasteiger partial charge in [-0.2, -0.15) is 8.78 Å². The molecule has 0 fully saturated rings. The van der Waals surface area contributed by atoms with Crippen LogP contribution in [-0.2, 0) is 0 Å². The number of amides is 2. The summed E-state index contributed by atoms with van der Waals surface area (Å²) in [7, 11) is 0. The molecular weight excluding hydrogens is 311 g/mol. The van der Waals surface area contributed by atoms with Crippen molar-refractivity contribution in [3.8, 4) is 5.75 Å². The van der Waals surface area contributed by atoms with Crippen molar-refractivity contribution in [2.75, 3.05) is 5.32 Å². The molecule has 2 N–H and O–H groups in total. The number of aromatic nitrogens is 1. The Balaban J connectivity index is 1.94. The van der Waals surface area contributed by atoms with Crippen LogP contribution in [0, 0.1) is 5.82 Å². The Hall–Kier alpha value is -2.77. The normalized spacial score (nSPS) is 11.9. The molecule has 0 aliphatic rings. The van der Waals surface area contributed by atoms with Gasteiger partial charge in [-0.05, 0) is 30.7 Å². The number of carbonyl (C=O) groups is 1. The van der Waals surface area contributed by atoms with Crippen molar-refractivity contribution in [3.63, 3.8) is 0 Å². The minimum absolute atomic E-state index is 0.00498. The van der Waals surface area contributed by atoms with Crippen LogP contribution in [0.15, 0.2) is 42.7 Å². The van der Waals surface area contributed by atoms with Crippen molar-refractivity contribution in [3.05, 3.63) is 54.1 Å². The number of pyridine rings is 1. The van der Waals surface area contributed by atoms with Crippen LogP contribution in [0.5, 0.6) is 5.75 Å². The first-order valence-corrected chi connectivity index (χ1v) is 6.67. The lowest BCUT2D eigenvalue weighted by Gasteiger charge is -2.15. The topological polar surface area (TPSA) is 63.2 Å². The maximum absolute atomic E-state index is 13.4. The summed E-state index contributed by atoms with van der Waals surface area (Å²) in [5, 5.41) is 4.97. The summed E-state index contributed by atoms with van der Waals surface area (Å²) in [6.07, 6.45) is 2.34. The highest BCUT2D eigenvalue weighted by Gasteiger charge is 2.12. The third kappa shape index (κ3) is 4.87. The van der Waals surface area contributed by atoms with Gasteiger partial charge < -0.3 is 15.4 Å². The molecule has 8 heteroatoms. The average molecular weight is 325 g/mol. The number of urea groups is 1. The van der Waals surface area contributed by atoms with Gasteiger partial charge >= 0.3 is 12.6 Å². The van der Waals surface area contributed by atoms with Gasteiger partial charge in [-0.3, -0.25) is 4.98 Å². The van der Waals surface area contributed by atoms with E-state index in [1.165, 1.54) is 24.4 Å². The lowest BCUT2D eigenvalue weighted by atomic mass is 10.1. The number of rotatable bonds is 5. The Kier molecular flexibility index (Phi) is 5.40. The van der Waals surface area contributed by atoms with Crippen molar-refractivity contribution >= 4 is 11.7 Å². The fourth-order valence-electron chi connectivity index (χ4n) is 1.85. The minimum Gasteiger partial charge on any atom is -0.435 e. The summed E-state index contributed by atoms with van der Waals surface area (Å²) in [5.41, 5.74) is 0.683. The van der Waals surface area contributed by atoms with E-state index < -0.39 is 24.5 Å². The third-order valence-corrected chi connectivity index (χ3v) is 2.97. The van der Waals surface area contributed by atoms with E-state index in [0.29, 0.717) is 5.56 Å². The lowest BCUT2D eigenvalue weighted by Crippen LogP contribution is -2.31. The van der Waals surface area contributed by atoms with E-state index in [1.807, 2.05) is 0 Å². The molecule has 2 amide bonds. The van der Waals surface area contributed by atoms with Crippen molar-refractivity contribution in [2.24, 2.45) is 0 Å². The zero-order valence-corrected chi connectivity index (χ0v) is 12.1. The molecule has 0 aliphatic carbocycles. The zero-order valence-electron chi connectivity index (χ0n) is 12.1. The molecule has 1 heterocycles. The van der Waals surface area contributed by atoms with Gasteiger partial charge in [0.1, 0.15) is 5.75 Å². The quantitative estimate of drug-likeness (QED) is 0.881. The Labute approximate surface area is 130 Å². The lowest BCUT2D eigenvalue weighted by molar-refractivity contribution is -0.0498. The fraction of sp³-hybridized carbons (Fsp3) is 0.200. The zero-order chi connectivity index (χ0) is 16.8. The summed E-state index contributed by atoms with van der Waals surface area (Å²) < 4.78 is 41.8. The Morgan fingerprint density at radius 1 is 1.22 bits per heavy atom. The molecule has 122 valence electrons. The molecule has 0 saturated carbocycles. The molecule has 23 heavy (non-hydrogen) atoms. The number of benzene rings is 1. The summed E-state index contributed by atoms with van der Waals surface area (Å²) >= 11 is 0. The number of hydrogen-bond acceptors (Lipinski definition) is 3. The first kappa shape index (κ1) is 16.6. The Morgan fingerprint density at radius 3 is 2.52 bits per heavy atom. The predicted octanol–water partition coefficient (Wildman–Crippen LogP) is 3.70. The highest BCUT2D eigenvalue weighted by Crippen LogP contribution is 2.19. The highest BCUT2D eigenvalue weighted by molar-refractivity contribution is 5.89. The molecule has 0 spiro atoms. The van der Waals surface area contributed by atoms with E-state index in [1.54, 1.807) is 19.1 Å². The molecule has 2 aromatic rings. The third-order valence-electron chi connectivity index (χ3n) is 2.97. The van der Waals surface area contributed by atoms with Gasteiger partial charge in [0.15, 0.2) is 5.82 Å². The first-order chi connectivity index (χ1) is 11.0. The second kappa shape index (κ2) is 7.48. The molecular formula is C15H14F3N3O2. The molecule has 0 radical (unpaired) electrons. The molecule has 0 bridgehead atoms. The van der Waals surface area contributed by atoms with Crippen molar-refractivity contribution in [2.45, 2.75) is 19.6 Å². The smallest absolute Gasteiger partial charge is 0.387 e. The number of carbonyl (C=O) groups excluding carboxylic acids is 1. The van der Waals surface area contributed by atoms with Crippen LogP contribution in [-0.4, -0.2) is 17.6 Å². The number of nitrogens with one attached hydrogen (secondary N) is 2. The molecule has 5 nitrogen and oxygen atoms in total. The van der Waals surface area contributed by atoms with E-state index >= 15 is 0 Å². The second-order valence-electron chi connectivity index (χ2n) is 4.62. The highest BCUT2D eigenvalue weighted by atomic mass is 19.3. The van der Waals surface area contributed by atoms with Crippen LogP contribution in [0.1, 0.15) is 18.5 Å². The largest absolute Gasteiger partial charge is 0.435 e. The van der Waals surface area contributed by atoms with Crippen molar-refractivity contribution in [1.82, 2.24) is 10.3 Å². The predicted molar refractivity (Wildman–Crippen MR) is 77.8 cm³/mol. The van der Waals surface area contributed by atoms with Gasteiger partial charge in [-0.25, -0.2) is 9.18 Å². The number of nitrogens with zero attached hydrogens (tertiary/aromatic N) is 1. The van der Waals surface area contributed by atoms with Crippen LogP contribution in [0.4, 0.5) is 23.7 Å². The molecule has 0 saturated heterocycles. The van der Waals surface area contributed by atoms with E-state index in [0.717, 1.165) is 6.20 Å². The average Bonchev–Trinajstić information content (AvgIpc) is 2.49. The summed E-state index contributed by atoms with van der Waals surface area (Å²) in [6.45, 7) is -1.19.